The molecule has 0 radical (unpaired) electrons. The van der Waals surface area contributed by atoms with Crippen LogP contribution in [0.2, 0.25) is 0 Å². The number of carbonyl (C=O) groups excluding carboxylic acids is 1. The Balaban J connectivity index is 1.76. The maximum atomic E-state index is 14.0. The molecule has 8 nitrogen and oxygen atoms in total. The number of H-pyrrole nitrogens is 1. The molecule has 186 valence electrons. The minimum absolute atomic E-state index is 0.0811. The molecule has 0 spiro atoms. The van der Waals surface area contributed by atoms with E-state index < -0.39 is 16.0 Å². The Morgan fingerprint density at radius 2 is 1.77 bits per heavy atom. The fourth-order valence-electron chi connectivity index (χ4n) is 4.20. The van der Waals surface area contributed by atoms with Gasteiger partial charge in [0, 0.05) is 18.8 Å². The number of benzene rings is 2. The third-order valence-corrected chi connectivity index (χ3v) is 8.10. The first-order chi connectivity index (χ1) is 16.6. The second-order valence-corrected chi connectivity index (χ2v) is 10.6. The molecule has 9 heteroatoms. The van der Waals surface area contributed by atoms with Crippen LogP contribution in [0.15, 0.2) is 41.3 Å². The van der Waals surface area contributed by atoms with E-state index in [2.05, 4.69) is 4.98 Å². The first kappa shape index (κ1) is 24.8. The zero-order valence-electron chi connectivity index (χ0n) is 20.6. The molecule has 3 aromatic rings. The highest BCUT2D eigenvalue weighted by molar-refractivity contribution is 7.89. The van der Waals surface area contributed by atoms with Crippen LogP contribution in [0.4, 0.5) is 0 Å². The summed E-state index contributed by atoms with van der Waals surface area (Å²) in [5.74, 6) is 0.762. The van der Waals surface area contributed by atoms with Gasteiger partial charge in [-0.3, -0.25) is 0 Å². The monoisotopic (exact) mass is 498 g/mol. The van der Waals surface area contributed by atoms with Crippen LogP contribution < -0.4 is 9.47 Å². The van der Waals surface area contributed by atoms with E-state index >= 15 is 0 Å². The highest BCUT2D eigenvalue weighted by Gasteiger charge is 2.30. The SMILES string of the molecule is CCOC(=O)c1[nH]c(C)c(CN(Cc2ccc3c(c2)OCO3)S(=O)(=O)c2cc(C)ccc2C)c1C. The lowest BCUT2D eigenvalue weighted by Gasteiger charge is -2.24. The zero-order chi connectivity index (χ0) is 25.3. The highest BCUT2D eigenvalue weighted by Crippen LogP contribution is 2.34. The second kappa shape index (κ2) is 9.75. The Kier molecular flexibility index (Phi) is 6.91. The smallest absolute Gasteiger partial charge is 0.355 e. The standard InChI is InChI=1S/C26H30N2O6S/c1-6-32-26(29)25-18(4)21(19(5)27-25)14-28(13-20-9-10-22-23(12-20)34-15-33-22)35(30,31)24-11-16(2)7-8-17(24)3/h7-12,27H,6,13-15H2,1-5H3. The van der Waals surface area contributed by atoms with Gasteiger partial charge in [0.25, 0.3) is 0 Å². The van der Waals surface area contributed by atoms with Gasteiger partial charge in [-0.25, -0.2) is 13.2 Å². The fourth-order valence-corrected chi connectivity index (χ4v) is 5.91. The lowest BCUT2D eigenvalue weighted by Crippen LogP contribution is -2.31. The average molecular weight is 499 g/mol. The number of fused-ring (bicyclic) bond motifs is 1. The molecule has 0 aliphatic carbocycles. The van der Waals surface area contributed by atoms with Crippen LogP contribution in [-0.4, -0.2) is 37.1 Å². The lowest BCUT2D eigenvalue weighted by molar-refractivity contribution is 0.0519. The molecule has 0 fully saturated rings. The lowest BCUT2D eigenvalue weighted by atomic mass is 10.1. The molecule has 1 aliphatic rings. The first-order valence-electron chi connectivity index (χ1n) is 11.4. The number of sulfonamides is 1. The van der Waals surface area contributed by atoms with Crippen molar-refractivity contribution in [2.45, 2.75) is 52.6 Å². The van der Waals surface area contributed by atoms with E-state index in [0.29, 0.717) is 28.3 Å². The van der Waals surface area contributed by atoms with Crippen LogP contribution in [-0.2, 0) is 27.8 Å². The summed E-state index contributed by atoms with van der Waals surface area (Å²) in [5.41, 5.74) is 4.76. The Bertz CT molecular complexity index is 1380. The van der Waals surface area contributed by atoms with Crippen molar-refractivity contribution in [2.75, 3.05) is 13.4 Å². The van der Waals surface area contributed by atoms with Crippen molar-refractivity contribution in [2.24, 2.45) is 0 Å². The minimum atomic E-state index is -3.89. The van der Waals surface area contributed by atoms with Gasteiger partial charge in [0.15, 0.2) is 11.5 Å². The Morgan fingerprint density at radius 1 is 1.03 bits per heavy atom. The number of aromatic nitrogens is 1. The number of carbonyl (C=O) groups is 1. The van der Waals surface area contributed by atoms with Crippen molar-refractivity contribution < 1.29 is 27.4 Å². The summed E-state index contributed by atoms with van der Waals surface area (Å²) in [5, 5.41) is 0. The number of ether oxygens (including phenoxy) is 3. The molecule has 1 N–H and O–H groups in total. The molecule has 0 saturated heterocycles. The normalized spacial score (nSPS) is 12.9. The van der Waals surface area contributed by atoms with E-state index in [9.17, 15) is 13.2 Å². The molecule has 1 aliphatic heterocycles. The maximum Gasteiger partial charge on any atom is 0.355 e. The van der Waals surface area contributed by atoms with Crippen molar-refractivity contribution in [3.63, 3.8) is 0 Å². The summed E-state index contributed by atoms with van der Waals surface area (Å²) in [7, 11) is -3.89. The van der Waals surface area contributed by atoms with Crippen LogP contribution >= 0.6 is 0 Å². The molecule has 2 aromatic carbocycles. The summed E-state index contributed by atoms with van der Waals surface area (Å²) >= 11 is 0. The van der Waals surface area contributed by atoms with Gasteiger partial charge in [0.05, 0.1) is 11.5 Å². The number of hydrogen-bond acceptors (Lipinski definition) is 6. The maximum absolute atomic E-state index is 14.0. The molecule has 0 bridgehead atoms. The van der Waals surface area contributed by atoms with Crippen LogP contribution in [0.1, 0.15) is 50.9 Å². The summed E-state index contributed by atoms with van der Waals surface area (Å²) in [6.45, 7) is 9.62. The molecule has 35 heavy (non-hydrogen) atoms. The van der Waals surface area contributed by atoms with E-state index in [1.807, 2.05) is 32.0 Å². The van der Waals surface area contributed by atoms with Crippen molar-refractivity contribution in [3.8, 4) is 11.5 Å². The summed E-state index contributed by atoms with van der Waals surface area (Å²) in [4.78, 5) is 15.7. The molecule has 4 rings (SSSR count). The quantitative estimate of drug-likeness (QED) is 0.458. The van der Waals surface area contributed by atoms with Crippen molar-refractivity contribution in [3.05, 3.63) is 75.6 Å². The Labute approximate surface area is 205 Å². The van der Waals surface area contributed by atoms with Crippen LogP contribution in [0.3, 0.4) is 0 Å². The van der Waals surface area contributed by atoms with Gasteiger partial charge in [0.2, 0.25) is 16.8 Å². The number of esters is 1. The van der Waals surface area contributed by atoms with Crippen LogP contribution in [0.25, 0.3) is 0 Å². The molecular weight excluding hydrogens is 468 g/mol. The summed E-state index contributed by atoms with van der Waals surface area (Å²) in [6.07, 6.45) is 0. The van der Waals surface area contributed by atoms with Crippen molar-refractivity contribution in [1.29, 1.82) is 0 Å². The Hall–Kier alpha value is -3.30. The van der Waals surface area contributed by atoms with E-state index in [1.54, 1.807) is 39.0 Å². The topological polar surface area (TPSA) is 97.9 Å². The van der Waals surface area contributed by atoms with Crippen molar-refractivity contribution >= 4 is 16.0 Å². The second-order valence-electron chi connectivity index (χ2n) is 8.68. The molecule has 0 atom stereocenters. The predicted octanol–water partition coefficient (Wildman–Crippen LogP) is 4.54. The van der Waals surface area contributed by atoms with Crippen LogP contribution in [0, 0.1) is 27.7 Å². The van der Waals surface area contributed by atoms with E-state index in [1.165, 1.54) is 4.31 Å². The van der Waals surface area contributed by atoms with Gasteiger partial charge in [-0.1, -0.05) is 18.2 Å². The van der Waals surface area contributed by atoms with Gasteiger partial charge in [0.1, 0.15) is 5.69 Å². The van der Waals surface area contributed by atoms with Gasteiger partial charge in [-0.15, -0.1) is 0 Å². The number of aromatic amines is 1. The molecule has 2 heterocycles. The van der Waals surface area contributed by atoms with Crippen LogP contribution in [0.5, 0.6) is 11.5 Å². The summed E-state index contributed by atoms with van der Waals surface area (Å²) in [6, 6.07) is 10.8. The fraction of sp³-hybridized carbons (Fsp3) is 0.346. The van der Waals surface area contributed by atoms with E-state index in [-0.39, 0.29) is 31.4 Å². The van der Waals surface area contributed by atoms with Gasteiger partial charge in [-0.05, 0) is 80.6 Å². The van der Waals surface area contributed by atoms with Gasteiger partial charge in [-0.2, -0.15) is 4.31 Å². The third kappa shape index (κ3) is 4.92. The number of rotatable bonds is 8. The number of aryl methyl sites for hydroxylation is 3. The third-order valence-electron chi connectivity index (χ3n) is 6.16. The highest BCUT2D eigenvalue weighted by atomic mass is 32.2. The molecular formula is C26H30N2O6S. The molecule has 0 unspecified atom stereocenters. The van der Waals surface area contributed by atoms with Crippen molar-refractivity contribution in [1.82, 2.24) is 9.29 Å². The largest absolute Gasteiger partial charge is 0.461 e. The molecule has 0 saturated carbocycles. The first-order valence-corrected chi connectivity index (χ1v) is 12.9. The van der Waals surface area contributed by atoms with E-state index in [4.69, 9.17) is 14.2 Å². The van der Waals surface area contributed by atoms with E-state index in [0.717, 1.165) is 22.4 Å². The minimum Gasteiger partial charge on any atom is -0.461 e. The average Bonchev–Trinajstić information content (AvgIpc) is 3.39. The predicted molar refractivity (Wildman–Crippen MR) is 131 cm³/mol. The number of nitrogens with one attached hydrogen (secondary N) is 1. The van der Waals surface area contributed by atoms with Gasteiger partial charge >= 0.3 is 5.97 Å². The van der Waals surface area contributed by atoms with Gasteiger partial charge < -0.3 is 19.2 Å². The molecule has 0 amide bonds. The zero-order valence-corrected chi connectivity index (χ0v) is 21.4. The Morgan fingerprint density at radius 3 is 2.51 bits per heavy atom. The molecule has 1 aromatic heterocycles. The number of nitrogens with zero attached hydrogens (tertiary/aromatic N) is 1. The summed E-state index contributed by atoms with van der Waals surface area (Å²) < 4.78 is 45.4. The number of hydrogen-bond donors (Lipinski definition) is 1.